The van der Waals surface area contributed by atoms with Crippen molar-refractivity contribution in [3.63, 3.8) is 0 Å². The fraction of sp³-hybridized carbons (Fsp3) is 0.0333. The van der Waals surface area contributed by atoms with Gasteiger partial charge in [0.05, 0.1) is 6.04 Å². The van der Waals surface area contributed by atoms with Gasteiger partial charge in [-0.3, -0.25) is 0 Å². The van der Waals surface area contributed by atoms with Gasteiger partial charge in [0, 0.05) is 80.1 Å². The van der Waals surface area contributed by atoms with Gasteiger partial charge in [0.15, 0.2) is 0 Å². The van der Waals surface area contributed by atoms with E-state index in [4.69, 9.17) is 4.42 Å². The van der Waals surface area contributed by atoms with E-state index in [1.54, 1.807) is 0 Å². The molecule has 9 aromatic carbocycles. The Labute approximate surface area is 384 Å². The smallest absolute Gasteiger partial charge is 0.137 e. The van der Waals surface area contributed by atoms with E-state index in [1.165, 1.54) is 51.1 Å². The van der Waals surface area contributed by atoms with Crippen LogP contribution in [0.1, 0.15) is 6.42 Å². The molecule has 12 rings (SSSR count). The van der Waals surface area contributed by atoms with Crippen molar-refractivity contribution in [2.75, 3.05) is 9.80 Å². The van der Waals surface area contributed by atoms with Crippen LogP contribution in [0.5, 0.6) is 0 Å². The topological polar surface area (TPSA) is 19.6 Å². The van der Waals surface area contributed by atoms with Crippen molar-refractivity contribution in [2.24, 2.45) is 0 Å². The summed E-state index contributed by atoms with van der Waals surface area (Å²) in [6.45, 7) is 0. The first kappa shape index (κ1) is 39.1. The van der Waals surface area contributed by atoms with Gasteiger partial charge in [-0.15, -0.1) is 21.4 Å². The van der Waals surface area contributed by atoms with Crippen LogP contribution in [0.25, 0.3) is 42.1 Å². The maximum atomic E-state index is 6.46. The fourth-order valence-electron chi connectivity index (χ4n) is 9.75. The highest BCUT2D eigenvalue weighted by Crippen LogP contribution is 2.74. The molecule has 2 aromatic heterocycles. The molecule has 1 aliphatic rings. The predicted molar refractivity (Wildman–Crippen MR) is 277 cm³/mol. The third-order valence-electron chi connectivity index (χ3n) is 12.7. The Balaban J connectivity index is 1.00. The Kier molecular flexibility index (Phi) is 9.93. The highest BCUT2D eigenvalue weighted by Gasteiger charge is 2.36. The van der Waals surface area contributed by atoms with Gasteiger partial charge in [-0.05, 0) is 114 Å². The molecule has 0 saturated carbocycles. The fourth-order valence-corrected chi connectivity index (χ4v) is 14.9. The lowest BCUT2D eigenvalue weighted by Crippen LogP contribution is -2.30. The number of para-hydroxylation sites is 3. The lowest BCUT2D eigenvalue weighted by molar-refractivity contribution is 0.669. The standard InChI is InChI=1S/C60H44N2OS2/c1-5-18-43(19-6-1)61(48-35-39-56-55-29-14-16-31-59(55)64-60(56)42-48)45-32-36-51(37-33-45)65(49-23-9-3-10-24-49,50-25-11-4-12-26-50)52-27-17-22-46(40-52)62(44-20-7-2-8-21-44)47-34-38-54-53-28-13-15-30-57(53)63-58(54)41-47/h1-32,34-42,45H,33H2. The minimum Gasteiger partial charge on any atom is -0.456 e. The van der Waals surface area contributed by atoms with Gasteiger partial charge < -0.3 is 14.2 Å². The lowest BCUT2D eigenvalue weighted by atomic mass is 10.0. The molecule has 65 heavy (non-hydrogen) atoms. The van der Waals surface area contributed by atoms with Crippen LogP contribution in [-0.2, 0) is 0 Å². The average Bonchev–Trinajstić information content (AvgIpc) is 3.94. The summed E-state index contributed by atoms with van der Waals surface area (Å²) in [5.41, 5.74) is 7.34. The van der Waals surface area contributed by atoms with Crippen molar-refractivity contribution < 1.29 is 4.42 Å². The molecule has 0 spiro atoms. The molecule has 312 valence electrons. The number of nitrogens with zero attached hydrogens (tertiary/aromatic N) is 2. The van der Waals surface area contributed by atoms with Gasteiger partial charge in [0.2, 0.25) is 0 Å². The zero-order valence-electron chi connectivity index (χ0n) is 35.6. The van der Waals surface area contributed by atoms with Crippen LogP contribution in [0, 0.1) is 0 Å². The Morgan fingerprint density at radius 1 is 0.415 bits per heavy atom. The van der Waals surface area contributed by atoms with Gasteiger partial charge in [-0.25, -0.2) is 0 Å². The normalized spacial score (nSPS) is 14.2. The predicted octanol–water partition coefficient (Wildman–Crippen LogP) is 17.8. The number of rotatable bonds is 10. The molecule has 0 radical (unpaired) electrons. The number of anilines is 5. The van der Waals surface area contributed by atoms with Crippen molar-refractivity contribution in [1.82, 2.24) is 0 Å². The molecule has 0 bridgehead atoms. The van der Waals surface area contributed by atoms with Crippen LogP contribution < -0.4 is 9.80 Å². The van der Waals surface area contributed by atoms with E-state index in [0.717, 1.165) is 45.4 Å². The Morgan fingerprint density at radius 3 is 1.69 bits per heavy atom. The maximum Gasteiger partial charge on any atom is 0.137 e. The monoisotopic (exact) mass is 872 g/mol. The lowest BCUT2D eigenvalue weighted by Gasteiger charge is -2.45. The summed E-state index contributed by atoms with van der Waals surface area (Å²) in [4.78, 5) is 10.1. The summed E-state index contributed by atoms with van der Waals surface area (Å²) < 4.78 is 9.09. The third-order valence-corrected chi connectivity index (χ3v) is 17.7. The molecule has 2 heterocycles. The third kappa shape index (κ3) is 6.83. The summed E-state index contributed by atoms with van der Waals surface area (Å²) in [6, 6.07) is 83.9. The van der Waals surface area contributed by atoms with Crippen LogP contribution in [-0.4, -0.2) is 6.04 Å². The largest absolute Gasteiger partial charge is 0.456 e. The Morgan fingerprint density at radius 2 is 0.969 bits per heavy atom. The van der Waals surface area contributed by atoms with Crippen molar-refractivity contribution in [3.05, 3.63) is 254 Å². The Bertz CT molecular complexity index is 3500. The van der Waals surface area contributed by atoms with Crippen LogP contribution in [0.3, 0.4) is 0 Å². The summed E-state index contributed by atoms with van der Waals surface area (Å²) in [7, 11) is -2.02. The molecule has 5 heteroatoms. The van der Waals surface area contributed by atoms with E-state index in [9.17, 15) is 0 Å². The van der Waals surface area contributed by atoms with E-state index in [0.29, 0.717) is 0 Å². The molecule has 0 aliphatic heterocycles. The molecule has 0 fully saturated rings. The second-order valence-electron chi connectivity index (χ2n) is 16.4. The van der Waals surface area contributed by atoms with E-state index in [1.807, 2.05) is 23.5 Å². The van der Waals surface area contributed by atoms with Crippen molar-refractivity contribution in [1.29, 1.82) is 0 Å². The molecule has 3 nitrogen and oxygen atoms in total. The number of hydrogen-bond donors (Lipinski definition) is 0. The van der Waals surface area contributed by atoms with Crippen LogP contribution in [0.15, 0.2) is 273 Å². The van der Waals surface area contributed by atoms with Crippen LogP contribution >= 0.6 is 21.4 Å². The SMILES string of the molecule is C1=CC(N(c2ccccc2)c2ccc3c(c2)sc2ccccc23)CC=C1S(c1ccccc1)(c1ccccc1)c1cccc(N(c2ccccc2)c2ccc3c(c2)oc2ccccc23)c1. The summed E-state index contributed by atoms with van der Waals surface area (Å²) in [6.07, 6.45) is 8.26. The molecule has 1 unspecified atom stereocenters. The number of furan rings is 1. The van der Waals surface area contributed by atoms with Gasteiger partial charge in [-0.1, -0.05) is 140 Å². The molecule has 0 saturated heterocycles. The van der Waals surface area contributed by atoms with Crippen LogP contribution in [0.4, 0.5) is 28.4 Å². The summed E-state index contributed by atoms with van der Waals surface area (Å²) >= 11 is 1.87. The summed E-state index contributed by atoms with van der Waals surface area (Å²) in [5, 5.41) is 4.87. The zero-order chi connectivity index (χ0) is 43.2. The van der Waals surface area contributed by atoms with E-state index < -0.39 is 10.0 Å². The number of benzene rings is 9. The second-order valence-corrected chi connectivity index (χ2v) is 20.6. The Hall–Kier alpha value is -7.57. The first-order valence-electron chi connectivity index (χ1n) is 22.2. The molecular formula is C60H44N2OS2. The van der Waals surface area contributed by atoms with Crippen LogP contribution in [0.2, 0.25) is 0 Å². The molecule has 0 amide bonds. The number of thiophene rings is 1. The van der Waals surface area contributed by atoms with E-state index in [-0.39, 0.29) is 6.04 Å². The number of fused-ring (bicyclic) bond motifs is 6. The molecule has 0 N–H and O–H groups in total. The molecule has 1 aliphatic carbocycles. The molecular weight excluding hydrogens is 829 g/mol. The van der Waals surface area contributed by atoms with Gasteiger partial charge in [0.25, 0.3) is 0 Å². The van der Waals surface area contributed by atoms with Gasteiger partial charge >= 0.3 is 0 Å². The van der Waals surface area contributed by atoms with Crippen molar-refractivity contribution in [2.45, 2.75) is 27.1 Å². The quantitative estimate of drug-likeness (QED) is 0.136. The first-order valence-corrected chi connectivity index (χ1v) is 24.6. The highest BCUT2D eigenvalue weighted by atomic mass is 32.3. The minimum atomic E-state index is -2.02. The number of hydrogen-bond acceptors (Lipinski definition) is 4. The van der Waals surface area contributed by atoms with Crippen molar-refractivity contribution in [3.8, 4) is 0 Å². The molecule has 1 atom stereocenters. The zero-order valence-corrected chi connectivity index (χ0v) is 37.2. The average molecular weight is 873 g/mol. The molecule has 11 aromatic rings. The van der Waals surface area contributed by atoms with Crippen molar-refractivity contribution >= 4 is 91.9 Å². The second kappa shape index (κ2) is 16.5. The summed E-state index contributed by atoms with van der Waals surface area (Å²) in [5.74, 6) is 0. The van der Waals surface area contributed by atoms with Gasteiger partial charge in [-0.2, -0.15) is 0 Å². The first-order chi connectivity index (χ1) is 32.2. The number of allylic oxidation sites excluding steroid dienone is 1. The van der Waals surface area contributed by atoms with E-state index in [2.05, 4.69) is 246 Å². The van der Waals surface area contributed by atoms with Gasteiger partial charge in [0.1, 0.15) is 11.2 Å². The van der Waals surface area contributed by atoms with E-state index >= 15 is 0 Å². The maximum absolute atomic E-state index is 6.46. The minimum absolute atomic E-state index is 0.102. The highest BCUT2D eigenvalue weighted by molar-refractivity contribution is 8.37.